The minimum atomic E-state index is -0.0184. The number of hydrogen-bond acceptors (Lipinski definition) is 5. The van der Waals surface area contributed by atoms with Gasteiger partial charge >= 0.3 is 0 Å². The lowest BCUT2D eigenvalue weighted by Gasteiger charge is -2.20. The van der Waals surface area contributed by atoms with Crippen LogP contribution in [0.25, 0.3) is 0 Å². The Kier molecular flexibility index (Phi) is 4.18. The number of rotatable bonds is 4. The molecule has 3 rings (SSSR count). The van der Waals surface area contributed by atoms with E-state index in [0.717, 1.165) is 18.0 Å². The van der Waals surface area contributed by atoms with Crippen molar-refractivity contribution in [2.24, 2.45) is 7.05 Å². The van der Waals surface area contributed by atoms with Crippen LogP contribution in [0.3, 0.4) is 0 Å². The summed E-state index contributed by atoms with van der Waals surface area (Å²) in [5.41, 5.74) is 0.598. The first-order chi connectivity index (χ1) is 11.1. The Balaban J connectivity index is 1.67. The fraction of sp³-hybridized carbons (Fsp3) is 0.438. The highest BCUT2D eigenvalue weighted by Gasteiger charge is 2.30. The van der Waals surface area contributed by atoms with Crippen LogP contribution in [0.15, 0.2) is 30.6 Å². The first-order valence-corrected chi connectivity index (χ1v) is 7.62. The molecule has 2 aromatic rings. The normalized spacial score (nSPS) is 17.3. The summed E-state index contributed by atoms with van der Waals surface area (Å²) >= 11 is 0. The van der Waals surface area contributed by atoms with E-state index >= 15 is 0 Å². The van der Waals surface area contributed by atoms with Crippen molar-refractivity contribution in [3.63, 3.8) is 0 Å². The maximum absolute atomic E-state index is 12.5. The van der Waals surface area contributed by atoms with Crippen LogP contribution in [0, 0.1) is 0 Å². The quantitative estimate of drug-likeness (QED) is 0.847. The van der Waals surface area contributed by atoms with Crippen LogP contribution in [-0.4, -0.2) is 58.9 Å². The molecule has 1 fully saturated rings. The predicted octanol–water partition coefficient (Wildman–Crippen LogP) is 1.17. The molecule has 1 saturated heterocycles. The van der Waals surface area contributed by atoms with E-state index in [1.165, 1.54) is 0 Å². The van der Waals surface area contributed by atoms with E-state index in [0.29, 0.717) is 18.8 Å². The molecular weight excluding hydrogens is 294 g/mol. The number of aryl methyl sites for hydroxylation is 1. The van der Waals surface area contributed by atoms with Gasteiger partial charge in [0, 0.05) is 46.5 Å². The molecule has 0 N–H and O–H groups in total. The molecule has 1 aliphatic rings. The molecular formula is C16H21N5O2. The molecule has 0 unspecified atom stereocenters. The van der Waals surface area contributed by atoms with Crippen LogP contribution < -0.4 is 9.64 Å². The van der Waals surface area contributed by atoms with Gasteiger partial charge in [-0.25, -0.2) is 4.98 Å². The smallest absolute Gasteiger partial charge is 0.272 e. The molecule has 3 heterocycles. The zero-order valence-electron chi connectivity index (χ0n) is 13.6. The molecule has 0 aromatic carbocycles. The molecule has 0 saturated carbocycles. The van der Waals surface area contributed by atoms with Crippen molar-refractivity contribution in [1.29, 1.82) is 0 Å². The first-order valence-electron chi connectivity index (χ1n) is 7.62. The number of amides is 1. The SMILES string of the molecule is CN(C)c1ncccc1O[C@H]1CCN(C(=O)c2ccnn2C)C1. The summed E-state index contributed by atoms with van der Waals surface area (Å²) < 4.78 is 7.67. The molecule has 0 aliphatic carbocycles. The number of nitrogens with zero attached hydrogens (tertiary/aromatic N) is 5. The molecule has 1 aliphatic heterocycles. The van der Waals surface area contributed by atoms with Crippen molar-refractivity contribution < 1.29 is 9.53 Å². The van der Waals surface area contributed by atoms with Crippen LogP contribution in [0.1, 0.15) is 16.9 Å². The minimum absolute atomic E-state index is 0.00452. The van der Waals surface area contributed by atoms with Crippen molar-refractivity contribution in [1.82, 2.24) is 19.7 Å². The van der Waals surface area contributed by atoms with E-state index in [9.17, 15) is 4.79 Å². The topological polar surface area (TPSA) is 63.5 Å². The highest BCUT2D eigenvalue weighted by molar-refractivity contribution is 5.92. The summed E-state index contributed by atoms with van der Waals surface area (Å²) in [6.07, 6.45) is 4.17. The lowest BCUT2D eigenvalue weighted by molar-refractivity contribution is 0.0761. The molecule has 0 bridgehead atoms. The summed E-state index contributed by atoms with van der Waals surface area (Å²) in [5.74, 6) is 1.54. The number of carbonyl (C=O) groups excluding carboxylic acids is 1. The van der Waals surface area contributed by atoms with Crippen LogP contribution in [0.4, 0.5) is 5.82 Å². The number of pyridine rings is 1. The van der Waals surface area contributed by atoms with Crippen molar-refractivity contribution in [3.05, 3.63) is 36.3 Å². The van der Waals surface area contributed by atoms with Gasteiger partial charge in [0.15, 0.2) is 11.6 Å². The fourth-order valence-electron chi connectivity index (χ4n) is 2.74. The Labute approximate surface area is 135 Å². The van der Waals surface area contributed by atoms with Gasteiger partial charge in [-0.05, 0) is 18.2 Å². The highest BCUT2D eigenvalue weighted by atomic mass is 16.5. The maximum atomic E-state index is 12.5. The third kappa shape index (κ3) is 3.13. The second kappa shape index (κ2) is 6.28. The van der Waals surface area contributed by atoms with Gasteiger partial charge < -0.3 is 14.5 Å². The van der Waals surface area contributed by atoms with Gasteiger partial charge in [-0.3, -0.25) is 9.48 Å². The number of aromatic nitrogens is 3. The summed E-state index contributed by atoms with van der Waals surface area (Å²) in [6.45, 7) is 1.26. The molecule has 7 heteroatoms. The number of likely N-dealkylation sites (tertiary alicyclic amines) is 1. The minimum Gasteiger partial charge on any atom is -0.485 e. The van der Waals surface area contributed by atoms with E-state index in [1.807, 2.05) is 36.0 Å². The first kappa shape index (κ1) is 15.3. The predicted molar refractivity (Wildman–Crippen MR) is 86.7 cm³/mol. The largest absolute Gasteiger partial charge is 0.485 e. The molecule has 23 heavy (non-hydrogen) atoms. The average molecular weight is 315 g/mol. The van der Waals surface area contributed by atoms with Crippen molar-refractivity contribution in [2.75, 3.05) is 32.1 Å². The molecule has 2 aromatic heterocycles. The van der Waals surface area contributed by atoms with Gasteiger partial charge in [-0.1, -0.05) is 0 Å². The second-order valence-electron chi connectivity index (χ2n) is 5.84. The average Bonchev–Trinajstić information content (AvgIpc) is 3.16. The van der Waals surface area contributed by atoms with E-state index < -0.39 is 0 Å². The maximum Gasteiger partial charge on any atom is 0.272 e. The highest BCUT2D eigenvalue weighted by Crippen LogP contribution is 2.27. The summed E-state index contributed by atoms with van der Waals surface area (Å²) in [5, 5.41) is 4.05. The molecule has 122 valence electrons. The molecule has 0 radical (unpaired) electrons. The monoisotopic (exact) mass is 315 g/mol. The van der Waals surface area contributed by atoms with Crippen LogP contribution in [0.2, 0.25) is 0 Å². The van der Waals surface area contributed by atoms with Gasteiger partial charge in [0.1, 0.15) is 11.8 Å². The Hall–Kier alpha value is -2.57. The Morgan fingerprint density at radius 1 is 1.35 bits per heavy atom. The van der Waals surface area contributed by atoms with Gasteiger partial charge in [0.25, 0.3) is 5.91 Å². The number of ether oxygens (including phenoxy) is 1. The molecule has 1 amide bonds. The zero-order chi connectivity index (χ0) is 16.4. The number of hydrogen-bond donors (Lipinski definition) is 0. The third-order valence-corrected chi connectivity index (χ3v) is 3.94. The third-order valence-electron chi connectivity index (χ3n) is 3.94. The van der Waals surface area contributed by atoms with E-state index in [2.05, 4.69) is 10.1 Å². The molecule has 0 spiro atoms. The lowest BCUT2D eigenvalue weighted by Crippen LogP contribution is -2.32. The van der Waals surface area contributed by atoms with Crippen molar-refractivity contribution in [2.45, 2.75) is 12.5 Å². The van der Waals surface area contributed by atoms with E-state index in [1.54, 1.807) is 30.2 Å². The number of anilines is 1. The van der Waals surface area contributed by atoms with Crippen LogP contribution in [0.5, 0.6) is 5.75 Å². The Bertz CT molecular complexity index is 697. The summed E-state index contributed by atoms with van der Waals surface area (Å²) in [4.78, 5) is 20.6. The molecule has 1 atom stereocenters. The standard InChI is InChI=1S/C16H21N5O2/c1-19(2)15-14(5-4-8-17-15)23-12-7-10-21(11-12)16(22)13-6-9-18-20(13)3/h4-6,8-9,12H,7,10-11H2,1-3H3/t12-/m0/s1. The Morgan fingerprint density at radius 3 is 2.87 bits per heavy atom. The van der Waals surface area contributed by atoms with Crippen LogP contribution >= 0.6 is 0 Å². The van der Waals surface area contributed by atoms with Crippen LogP contribution in [-0.2, 0) is 7.05 Å². The van der Waals surface area contributed by atoms with E-state index in [4.69, 9.17) is 4.74 Å². The van der Waals surface area contributed by atoms with Gasteiger partial charge in [0.05, 0.1) is 6.54 Å². The van der Waals surface area contributed by atoms with Gasteiger partial charge in [-0.2, -0.15) is 5.10 Å². The van der Waals surface area contributed by atoms with Crippen molar-refractivity contribution >= 4 is 11.7 Å². The summed E-state index contributed by atoms with van der Waals surface area (Å²) in [6, 6.07) is 5.51. The second-order valence-corrected chi connectivity index (χ2v) is 5.84. The van der Waals surface area contributed by atoms with Gasteiger partial charge in [-0.15, -0.1) is 0 Å². The van der Waals surface area contributed by atoms with Gasteiger partial charge in [0.2, 0.25) is 0 Å². The Morgan fingerprint density at radius 2 is 2.17 bits per heavy atom. The zero-order valence-corrected chi connectivity index (χ0v) is 13.6. The lowest BCUT2D eigenvalue weighted by atomic mass is 10.3. The summed E-state index contributed by atoms with van der Waals surface area (Å²) in [7, 11) is 5.64. The fourth-order valence-corrected chi connectivity index (χ4v) is 2.74. The number of carbonyl (C=O) groups is 1. The van der Waals surface area contributed by atoms with E-state index in [-0.39, 0.29) is 12.0 Å². The molecule has 7 nitrogen and oxygen atoms in total. The van der Waals surface area contributed by atoms with Crippen molar-refractivity contribution in [3.8, 4) is 5.75 Å².